The highest BCUT2D eigenvalue weighted by molar-refractivity contribution is 5.83. The molecule has 142 valence electrons. The molecule has 2 N–H and O–H groups in total. The zero-order valence-corrected chi connectivity index (χ0v) is 15.6. The van der Waals surface area contributed by atoms with Gasteiger partial charge in [0, 0.05) is 6.42 Å². The average Bonchev–Trinajstić information content (AvgIpc) is 3.21. The second kappa shape index (κ2) is 8.76. The number of hydrogen-bond donors (Lipinski definition) is 2. The van der Waals surface area contributed by atoms with Gasteiger partial charge in [-0.05, 0) is 66.1 Å². The normalized spacial score (nSPS) is 14.1. The molecule has 0 spiro atoms. The fourth-order valence-electron chi connectivity index (χ4n) is 3.94. The zero-order chi connectivity index (χ0) is 19.2. The number of methoxy groups -OCH3 is 1. The molecule has 2 aromatic carbocycles. The van der Waals surface area contributed by atoms with Gasteiger partial charge in [0.2, 0.25) is 0 Å². The van der Waals surface area contributed by atoms with Crippen molar-refractivity contribution in [2.45, 2.75) is 38.5 Å². The second-order valence-corrected chi connectivity index (χ2v) is 7.05. The predicted octanol–water partition coefficient (Wildman–Crippen LogP) is 5.04. The van der Waals surface area contributed by atoms with Crippen LogP contribution in [0.2, 0.25) is 0 Å². The molecule has 0 atom stereocenters. The van der Waals surface area contributed by atoms with Crippen molar-refractivity contribution in [3.05, 3.63) is 65.2 Å². The first-order chi connectivity index (χ1) is 13.1. The van der Waals surface area contributed by atoms with Gasteiger partial charge >= 0.3 is 5.97 Å². The first kappa shape index (κ1) is 19.0. The number of phenolic OH excluding ortho intramolecular Hbond substituents is 2. The Bertz CT molecular complexity index is 750. The lowest BCUT2D eigenvalue weighted by Gasteiger charge is -2.22. The van der Waals surface area contributed by atoms with E-state index in [-0.39, 0.29) is 17.5 Å². The highest BCUT2D eigenvalue weighted by atomic mass is 16.5. The van der Waals surface area contributed by atoms with Crippen molar-refractivity contribution in [3.8, 4) is 11.5 Å². The number of ether oxygens (including phenoxy) is 1. The van der Waals surface area contributed by atoms with Crippen molar-refractivity contribution in [2.24, 2.45) is 5.92 Å². The molecule has 0 bridgehead atoms. The summed E-state index contributed by atoms with van der Waals surface area (Å²) in [6.45, 7) is 0. The third-order valence-electron chi connectivity index (χ3n) is 5.31. The maximum absolute atomic E-state index is 11.8. The molecule has 1 saturated carbocycles. The number of esters is 1. The van der Waals surface area contributed by atoms with Gasteiger partial charge in [-0.25, -0.2) is 0 Å². The summed E-state index contributed by atoms with van der Waals surface area (Å²) in [5.41, 5.74) is 4.36. The SMILES string of the molecule is COC(=O)CCC(=C(c1ccc(O)cc1)c1ccc(O)cc1)C1CCCC1. The van der Waals surface area contributed by atoms with Gasteiger partial charge in [0.15, 0.2) is 0 Å². The van der Waals surface area contributed by atoms with Crippen molar-refractivity contribution in [2.75, 3.05) is 7.11 Å². The molecule has 0 aromatic heterocycles. The molecule has 2 aromatic rings. The van der Waals surface area contributed by atoms with Crippen LogP contribution >= 0.6 is 0 Å². The van der Waals surface area contributed by atoms with Gasteiger partial charge < -0.3 is 14.9 Å². The summed E-state index contributed by atoms with van der Waals surface area (Å²) >= 11 is 0. The van der Waals surface area contributed by atoms with Crippen LogP contribution in [0.4, 0.5) is 0 Å². The quantitative estimate of drug-likeness (QED) is 0.703. The minimum atomic E-state index is -0.207. The van der Waals surface area contributed by atoms with E-state index in [0.29, 0.717) is 18.8 Å². The molecule has 4 heteroatoms. The molecule has 0 aliphatic heterocycles. The van der Waals surface area contributed by atoms with Crippen LogP contribution in [0.5, 0.6) is 11.5 Å². The summed E-state index contributed by atoms with van der Waals surface area (Å²) in [5.74, 6) is 0.676. The van der Waals surface area contributed by atoms with E-state index >= 15 is 0 Å². The zero-order valence-electron chi connectivity index (χ0n) is 15.6. The monoisotopic (exact) mass is 366 g/mol. The van der Waals surface area contributed by atoms with Gasteiger partial charge in [0.05, 0.1) is 7.11 Å². The van der Waals surface area contributed by atoms with Gasteiger partial charge in [0.25, 0.3) is 0 Å². The van der Waals surface area contributed by atoms with E-state index in [4.69, 9.17) is 4.74 Å². The van der Waals surface area contributed by atoms with Crippen molar-refractivity contribution in [1.29, 1.82) is 0 Å². The summed E-state index contributed by atoms with van der Waals surface area (Å²) in [4.78, 5) is 11.8. The summed E-state index contributed by atoms with van der Waals surface area (Å²) in [6, 6.07) is 14.4. The minimum Gasteiger partial charge on any atom is -0.508 e. The molecule has 0 saturated heterocycles. The average molecular weight is 366 g/mol. The molecule has 3 rings (SSSR count). The fraction of sp³-hybridized carbons (Fsp3) is 0.348. The number of carbonyl (C=O) groups is 1. The number of allylic oxidation sites excluding steroid dienone is 1. The van der Waals surface area contributed by atoms with Crippen molar-refractivity contribution >= 4 is 11.5 Å². The number of aromatic hydroxyl groups is 2. The molecule has 0 amide bonds. The highest BCUT2D eigenvalue weighted by Crippen LogP contribution is 2.40. The Morgan fingerprint density at radius 2 is 1.37 bits per heavy atom. The molecule has 1 aliphatic carbocycles. The molecule has 0 heterocycles. The van der Waals surface area contributed by atoms with Crippen LogP contribution in [0.15, 0.2) is 54.1 Å². The van der Waals surface area contributed by atoms with E-state index in [9.17, 15) is 15.0 Å². The van der Waals surface area contributed by atoms with Crippen LogP contribution in [0.25, 0.3) is 5.57 Å². The molecular weight excluding hydrogens is 340 g/mol. The minimum absolute atomic E-state index is 0.207. The van der Waals surface area contributed by atoms with Crippen molar-refractivity contribution < 1.29 is 19.7 Å². The topological polar surface area (TPSA) is 66.8 Å². The van der Waals surface area contributed by atoms with Gasteiger partial charge in [-0.15, -0.1) is 0 Å². The third-order valence-corrected chi connectivity index (χ3v) is 5.31. The standard InChI is InChI=1S/C23H26O4/c1-27-22(26)15-14-21(16-4-2-3-5-16)23(17-6-10-19(24)11-7-17)18-8-12-20(25)13-9-18/h6-13,16,24-25H,2-5,14-15H2,1H3. The molecule has 0 unspecified atom stereocenters. The Morgan fingerprint density at radius 1 is 0.889 bits per heavy atom. The van der Waals surface area contributed by atoms with E-state index < -0.39 is 0 Å². The lowest BCUT2D eigenvalue weighted by atomic mass is 9.83. The Kier molecular flexibility index (Phi) is 6.17. The second-order valence-electron chi connectivity index (χ2n) is 7.05. The Morgan fingerprint density at radius 3 is 1.81 bits per heavy atom. The number of hydrogen-bond acceptors (Lipinski definition) is 4. The summed E-state index contributed by atoms with van der Waals surface area (Å²) < 4.78 is 4.86. The van der Waals surface area contributed by atoms with Gasteiger partial charge in [-0.2, -0.15) is 0 Å². The Labute approximate surface area is 160 Å². The molecular formula is C23H26O4. The molecule has 1 fully saturated rings. The van der Waals surface area contributed by atoms with Gasteiger partial charge in [-0.3, -0.25) is 4.79 Å². The summed E-state index contributed by atoms with van der Waals surface area (Å²) in [6.07, 6.45) is 5.64. The molecule has 27 heavy (non-hydrogen) atoms. The number of rotatable bonds is 6. The van der Waals surface area contributed by atoms with Crippen molar-refractivity contribution in [3.63, 3.8) is 0 Å². The van der Waals surface area contributed by atoms with E-state index in [1.807, 2.05) is 24.3 Å². The van der Waals surface area contributed by atoms with Crippen LogP contribution < -0.4 is 0 Å². The van der Waals surface area contributed by atoms with Crippen LogP contribution in [-0.2, 0) is 9.53 Å². The largest absolute Gasteiger partial charge is 0.508 e. The van der Waals surface area contributed by atoms with Crippen LogP contribution in [0.1, 0.15) is 49.7 Å². The van der Waals surface area contributed by atoms with E-state index in [1.165, 1.54) is 25.5 Å². The van der Waals surface area contributed by atoms with Gasteiger partial charge in [0.1, 0.15) is 11.5 Å². The lowest BCUT2D eigenvalue weighted by molar-refractivity contribution is -0.140. The summed E-state index contributed by atoms with van der Waals surface area (Å²) in [7, 11) is 1.42. The van der Waals surface area contributed by atoms with Crippen LogP contribution in [0, 0.1) is 5.92 Å². The maximum atomic E-state index is 11.8. The number of benzene rings is 2. The van der Waals surface area contributed by atoms with Crippen LogP contribution in [0.3, 0.4) is 0 Å². The Hall–Kier alpha value is -2.75. The number of carbonyl (C=O) groups excluding carboxylic acids is 1. The highest BCUT2D eigenvalue weighted by Gasteiger charge is 2.24. The maximum Gasteiger partial charge on any atom is 0.305 e. The third kappa shape index (κ3) is 4.70. The van der Waals surface area contributed by atoms with E-state index in [2.05, 4.69) is 0 Å². The first-order valence-electron chi connectivity index (χ1n) is 9.47. The van der Waals surface area contributed by atoms with E-state index in [1.54, 1.807) is 24.3 Å². The number of phenols is 2. The van der Waals surface area contributed by atoms with Crippen LogP contribution in [-0.4, -0.2) is 23.3 Å². The van der Waals surface area contributed by atoms with Gasteiger partial charge in [-0.1, -0.05) is 42.7 Å². The van der Waals surface area contributed by atoms with Crippen molar-refractivity contribution in [1.82, 2.24) is 0 Å². The fourth-order valence-corrected chi connectivity index (χ4v) is 3.94. The summed E-state index contributed by atoms with van der Waals surface area (Å²) in [5, 5.41) is 19.4. The molecule has 4 nitrogen and oxygen atoms in total. The van der Waals surface area contributed by atoms with E-state index in [0.717, 1.165) is 29.5 Å². The predicted molar refractivity (Wildman–Crippen MR) is 105 cm³/mol. The molecule has 0 radical (unpaired) electrons. The first-order valence-corrected chi connectivity index (χ1v) is 9.47. The molecule has 1 aliphatic rings. The Balaban J connectivity index is 2.12. The smallest absolute Gasteiger partial charge is 0.305 e. The lowest BCUT2D eigenvalue weighted by Crippen LogP contribution is -2.08.